The fourth-order valence-corrected chi connectivity index (χ4v) is 4.29. The molecule has 0 aliphatic heterocycles. The molecule has 0 fully saturated rings. The van der Waals surface area contributed by atoms with Crippen molar-refractivity contribution in [1.82, 2.24) is 14.7 Å². The van der Waals surface area contributed by atoms with Crippen molar-refractivity contribution in [3.8, 4) is 0 Å². The Kier molecular flexibility index (Phi) is 5.25. The second-order valence-corrected chi connectivity index (χ2v) is 7.70. The summed E-state index contributed by atoms with van der Waals surface area (Å²) in [4.78, 5) is 29.0. The summed E-state index contributed by atoms with van der Waals surface area (Å²) in [6, 6.07) is 15.4. The van der Waals surface area contributed by atoms with Crippen molar-refractivity contribution in [1.29, 1.82) is 0 Å². The summed E-state index contributed by atoms with van der Waals surface area (Å²) in [6.45, 7) is 0. The van der Waals surface area contributed by atoms with E-state index >= 15 is 0 Å². The molecule has 3 aromatic rings. The number of hydrogen-bond acceptors (Lipinski definition) is 4. The molecule has 1 aliphatic carbocycles. The molecule has 1 amide bonds. The fourth-order valence-electron chi connectivity index (χ4n) is 3.57. The first-order chi connectivity index (χ1) is 13.2. The number of aryl methyl sites for hydroxylation is 1. The molecule has 0 radical (unpaired) electrons. The first-order valence-corrected chi connectivity index (χ1v) is 10.3. The first kappa shape index (κ1) is 17.8. The molecule has 2 aromatic heterocycles. The number of carbonyl (C=O) groups excluding carboxylic acids is 1. The molecule has 4 rings (SSSR count). The van der Waals surface area contributed by atoms with E-state index in [1.807, 2.05) is 18.2 Å². The molecule has 27 heavy (non-hydrogen) atoms. The Labute approximate surface area is 161 Å². The van der Waals surface area contributed by atoms with Gasteiger partial charge in [-0.3, -0.25) is 14.0 Å². The molecule has 0 spiro atoms. The summed E-state index contributed by atoms with van der Waals surface area (Å²) >= 11 is 1.48. The highest BCUT2D eigenvalue weighted by atomic mass is 32.2. The van der Waals surface area contributed by atoms with Crippen molar-refractivity contribution >= 4 is 23.3 Å². The predicted molar refractivity (Wildman–Crippen MR) is 108 cm³/mol. The van der Waals surface area contributed by atoms with Gasteiger partial charge in [-0.15, -0.1) is 11.8 Å². The molecule has 5 nitrogen and oxygen atoms in total. The molecule has 0 bridgehead atoms. The standard InChI is InChI=1S/C21H21N3O2S/c25-20(23-18-9-5-7-15-6-1-2-8-17(15)18)14-27-13-16-12-21(26)24-11-4-3-10-19(24)22-16/h1-4,6,8,10-12,18H,5,7,9,13-14H2,(H,23,25)/t18-/m0/s1. The normalized spacial score (nSPS) is 16.1. The lowest BCUT2D eigenvalue weighted by molar-refractivity contribution is -0.119. The van der Waals surface area contributed by atoms with Crippen LogP contribution in [0.2, 0.25) is 0 Å². The van der Waals surface area contributed by atoms with Crippen LogP contribution in [0.15, 0.2) is 59.5 Å². The molecule has 138 valence electrons. The van der Waals surface area contributed by atoms with Gasteiger partial charge in [-0.1, -0.05) is 30.3 Å². The van der Waals surface area contributed by atoms with Crippen LogP contribution in [0.1, 0.15) is 35.7 Å². The fraction of sp³-hybridized carbons (Fsp3) is 0.286. The van der Waals surface area contributed by atoms with Gasteiger partial charge in [-0.05, 0) is 42.5 Å². The van der Waals surface area contributed by atoms with Crippen molar-refractivity contribution < 1.29 is 4.79 Å². The van der Waals surface area contributed by atoms with Crippen LogP contribution in [-0.4, -0.2) is 21.0 Å². The van der Waals surface area contributed by atoms with Crippen LogP contribution in [0.25, 0.3) is 5.65 Å². The lowest BCUT2D eigenvalue weighted by Crippen LogP contribution is -2.32. The second-order valence-electron chi connectivity index (χ2n) is 6.72. The van der Waals surface area contributed by atoms with Gasteiger partial charge in [0.15, 0.2) is 0 Å². The summed E-state index contributed by atoms with van der Waals surface area (Å²) in [5.74, 6) is 0.920. The molecular weight excluding hydrogens is 358 g/mol. The van der Waals surface area contributed by atoms with E-state index in [2.05, 4.69) is 28.5 Å². The Morgan fingerprint density at radius 1 is 1.22 bits per heavy atom. The van der Waals surface area contributed by atoms with Crippen LogP contribution in [0, 0.1) is 0 Å². The summed E-state index contributed by atoms with van der Waals surface area (Å²) in [5.41, 5.74) is 3.81. The number of fused-ring (bicyclic) bond motifs is 2. The van der Waals surface area contributed by atoms with E-state index in [1.54, 1.807) is 12.3 Å². The topological polar surface area (TPSA) is 63.5 Å². The molecule has 1 N–H and O–H groups in total. The van der Waals surface area contributed by atoms with Crippen LogP contribution in [0.3, 0.4) is 0 Å². The zero-order valence-corrected chi connectivity index (χ0v) is 15.7. The van der Waals surface area contributed by atoms with Gasteiger partial charge in [0.05, 0.1) is 17.5 Å². The maximum atomic E-state index is 12.4. The smallest absolute Gasteiger partial charge is 0.258 e. The van der Waals surface area contributed by atoms with Crippen LogP contribution in [0.5, 0.6) is 0 Å². The highest BCUT2D eigenvalue weighted by Crippen LogP contribution is 2.29. The average Bonchev–Trinajstić information content (AvgIpc) is 2.68. The van der Waals surface area contributed by atoms with Crippen LogP contribution < -0.4 is 10.9 Å². The zero-order valence-electron chi connectivity index (χ0n) is 14.9. The maximum Gasteiger partial charge on any atom is 0.258 e. The van der Waals surface area contributed by atoms with Gasteiger partial charge in [0.25, 0.3) is 5.56 Å². The number of nitrogens with one attached hydrogen (secondary N) is 1. The van der Waals surface area contributed by atoms with Gasteiger partial charge in [-0.25, -0.2) is 4.98 Å². The Hall–Kier alpha value is -2.60. The third-order valence-electron chi connectivity index (χ3n) is 4.81. The lowest BCUT2D eigenvalue weighted by Gasteiger charge is -2.26. The molecule has 1 atom stereocenters. The quantitative estimate of drug-likeness (QED) is 0.740. The largest absolute Gasteiger partial charge is 0.349 e. The van der Waals surface area contributed by atoms with Crippen LogP contribution >= 0.6 is 11.8 Å². The summed E-state index contributed by atoms with van der Waals surface area (Å²) in [5, 5.41) is 3.16. The van der Waals surface area contributed by atoms with E-state index in [1.165, 1.54) is 33.4 Å². The number of carbonyl (C=O) groups is 1. The molecule has 0 saturated carbocycles. The number of pyridine rings is 1. The van der Waals surface area contributed by atoms with Gasteiger partial charge in [0.1, 0.15) is 5.65 Å². The highest BCUT2D eigenvalue weighted by molar-refractivity contribution is 7.99. The van der Waals surface area contributed by atoms with E-state index in [0.717, 1.165) is 19.3 Å². The number of amides is 1. The monoisotopic (exact) mass is 379 g/mol. The molecule has 1 aromatic carbocycles. The SMILES string of the molecule is O=C(CSCc1cc(=O)n2ccccc2n1)N[C@H]1CCCc2ccccc21. The molecule has 2 heterocycles. The lowest BCUT2D eigenvalue weighted by atomic mass is 9.88. The van der Waals surface area contributed by atoms with Crippen molar-refractivity contribution in [2.75, 3.05) is 5.75 Å². The molecule has 0 unspecified atom stereocenters. The second kappa shape index (κ2) is 7.96. The minimum atomic E-state index is -0.0977. The minimum Gasteiger partial charge on any atom is -0.349 e. The van der Waals surface area contributed by atoms with Gasteiger partial charge in [-0.2, -0.15) is 0 Å². The van der Waals surface area contributed by atoms with Crippen molar-refractivity contribution in [2.45, 2.75) is 31.1 Å². The van der Waals surface area contributed by atoms with Crippen LogP contribution in [0.4, 0.5) is 0 Å². The summed E-state index contributed by atoms with van der Waals surface area (Å²) in [6.07, 6.45) is 4.87. The Balaban J connectivity index is 1.35. The third-order valence-corrected chi connectivity index (χ3v) is 5.78. The third kappa shape index (κ3) is 4.06. The van der Waals surface area contributed by atoms with Gasteiger partial charge in [0, 0.05) is 18.0 Å². The maximum absolute atomic E-state index is 12.4. The number of rotatable bonds is 5. The summed E-state index contributed by atoms with van der Waals surface area (Å²) in [7, 11) is 0. The molecule has 1 aliphatic rings. The summed E-state index contributed by atoms with van der Waals surface area (Å²) < 4.78 is 1.52. The molecule has 6 heteroatoms. The van der Waals surface area contributed by atoms with Crippen molar-refractivity contribution in [3.05, 3.63) is 81.9 Å². The minimum absolute atomic E-state index is 0.0271. The number of aromatic nitrogens is 2. The predicted octanol–water partition coefficient (Wildman–Crippen LogP) is 3.12. The number of nitrogens with zero attached hydrogens (tertiary/aromatic N) is 2. The highest BCUT2D eigenvalue weighted by Gasteiger charge is 2.21. The molecular formula is C21H21N3O2S. The number of hydrogen-bond donors (Lipinski definition) is 1. The van der Waals surface area contributed by atoms with Crippen molar-refractivity contribution in [3.63, 3.8) is 0 Å². The average molecular weight is 379 g/mol. The van der Waals surface area contributed by atoms with Gasteiger partial charge < -0.3 is 5.32 Å². The van der Waals surface area contributed by atoms with Gasteiger partial charge in [0.2, 0.25) is 5.91 Å². The van der Waals surface area contributed by atoms with Crippen molar-refractivity contribution in [2.24, 2.45) is 0 Å². The van der Waals surface area contributed by atoms with Crippen LogP contribution in [-0.2, 0) is 17.0 Å². The number of thioether (sulfide) groups is 1. The number of benzene rings is 1. The van der Waals surface area contributed by atoms with E-state index < -0.39 is 0 Å². The Bertz CT molecular complexity index is 1030. The molecule has 0 saturated heterocycles. The van der Waals surface area contributed by atoms with Gasteiger partial charge >= 0.3 is 0 Å². The van der Waals surface area contributed by atoms with E-state index in [4.69, 9.17) is 0 Å². The van der Waals surface area contributed by atoms with E-state index in [0.29, 0.717) is 22.8 Å². The Morgan fingerprint density at radius 3 is 3.00 bits per heavy atom. The van der Waals surface area contributed by atoms with E-state index in [-0.39, 0.29) is 17.5 Å². The first-order valence-electron chi connectivity index (χ1n) is 9.13. The van der Waals surface area contributed by atoms with E-state index in [9.17, 15) is 9.59 Å². The Morgan fingerprint density at radius 2 is 2.07 bits per heavy atom. The zero-order chi connectivity index (χ0) is 18.6.